The molecular formula is C20H22Cl2N2O5S. The van der Waals surface area contributed by atoms with E-state index in [4.69, 9.17) is 32.7 Å². The van der Waals surface area contributed by atoms with Crippen LogP contribution < -0.4 is 10.1 Å². The van der Waals surface area contributed by atoms with Crippen LogP contribution in [-0.4, -0.2) is 51.0 Å². The molecule has 1 amide bonds. The summed E-state index contributed by atoms with van der Waals surface area (Å²) in [4.78, 5) is 12.7. The van der Waals surface area contributed by atoms with Gasteiger partial charge in [-0.1, -0.05) is 29.3 Å². The van der Waals surface area contributed by atoms with Gasteiger partial charge in [-0.25, -0.2) is 8.42 Å². The number of nitrogens with one attached hydrogen (secondary N) is 1. The molecule has 2 aromatic carbocycles. The highest BCUT2D eigenvalue weighted by molar-refractivity contribution is 7.89. The number of nitrogens with zero attached hydrogens (tertiary/aromatic N) is 1. The third-order valence-corrected chi connectivity index (χ3v) is 7.18. The lowest BCUT2D eigenvalue weighted by Crippen LogP contribution is -2.40. The van der Waals surface area contributed by atoms with Crippen molar-refractivity contribution in [2.75, 3.05) is 31.6 Å². The number of halogens is 2. The minimum atomic E-state index is -3.69. The predicted octanol–water partition coefficient (Wildman–Crippen LogP) is 3.73. The van der Waals surface area contributed by atoms with Gasteiger partial charge in [-0.2, -0.15) is 4.31 Å². The van der Waals surface area contributed by atoms with Crippen LogP contribution in [0.5, 0.6) is 5.75 Å². The van der Waals surface area contributed by atoms with E-state index in [-0.39, 0.29) is 9.92 Å². The van der Waals surface area contributed by atoms with E-state index in [0.717, 1.165) is 0 Å². The maximum atomic E-state index is 13.0. The van der Waals surface area contributed by atoms with Crippen LogP contribution in [0.3, 0.4) is 0 Å². The van der Waals surface area contributed by atoms with Gasteiger partial charge in [0, 0.05) is 23.8 Å². The summed E-state index contributed by atoms with van der Waals surface area (Å²) < 4.78 is 38.2. The highest BCUT2D eigenvalue weighted by Crippen LogP contribution is 2.29. The maximum Gasteiger partial charge on any atom is 0.265 e. The molecular weight excluding hydrogens is 451 g/mol. The number of aryl methyl sites for hydroxylation is 1. The van der Waals surface area contributed by atoms with Crippen molar-refractivity contribution in [2.45, 2.75) is 24.8 Å². The van der Waals surface area contributed by atoms with Crippen LogP contribution in [0.1, 0.15) is 12.5 Å². The van der Waals surface area contributed by atoms with Gasteiger partial charge in [0.1, 0.15) is 5.75 Å². The van der Waals surface area contributed by atoms with Gasteiger partial charge in [-0.3, -0.25) is 4.79 Å². The number of rotatable bonds is 6. The summed E-state index contributed by atoms with van der Waals surface area (Å²) in [6.07, 6.45) is -0.871. The van der Waals surface area contributed by atoms with E-state index in [1.54, 1.807) is 38.1 Å². The molecule has 1 N–H and O–H groups in total. The van der Waals surface area contributed by atoms with Gasteiger partial charge in [0.05, 0.1) is 23.1 Å². The predicted molar refractivity (Wildman–Crippen MR) is 116 cm³/mol. The Bertz CT molecular complexity index is 1040. The second-order valence-corrected chi connectivity index (χ2v) is 9.57. The van der Waals surface area contributed by atoms with Crippen LogP contribution in [0.25, 0.3) is 0 Å². The van der Waals surface area contributed by atoms with Gasteiger partial charge in [-0.05, 0) is 49.7 Å². The first-order chi connectivity index (χ1) is 14.2. The van der Waals surface area contributed by atoms with Crippen molar-refractivity contribution in [2.24, 2.45) is 0 Å². The molecule has 162 valence electrons. The number of sulfonamides is 1. The van der Waals surface area contributed by atoms with Crippen LogP contribution in [-0.2, 0) is 19.6 Å². The topological polar surface area (TPSA) is 84.9 Å². The lowest BCUT2D eigenvalue weighted by Gasteiger charge is -2.27. The maximum absolute atomic E-state index is 13.0. The Morgan fingerprint density at radius 3 is 2.53 bits per heavy atom. The van der Waals surface area contributed by atoms with Gasteiger partial charge in [0.2, 0.25) is 10.0 Å². The normalized spacial score (nSPS) is 16.1. The molecule has 1 aliphatic heterocycles. The molecule has 2 aromatic rings. The SMILES string of the molecule is Cc1ccc(NC(=O)C(C)Oc2ccc(Cl)cc2Cl)cc1S(=O)(=O)N1CCOCC1. The van der Waals surface area contributed by atoms with Gasteiger partial charge >= 0.3 is 0 Å². The molecule has 0 bridgehead atoms. The zero-order valence-electron chi connectivity index (χ0n) is 16.5. The average Bonchev–Trinajstić information content (AvgIpc) is 2.72. The summed E-state index contributed by atoms with van der Waals surface area (Å²) in [5.74, 6) is -0.122. The summed E-state index contributed by atoms with van der Waals surface area (Å²) in [7, 11) is -3.69. The Morgan fingerprint density at radius 2 is 1.87 bits per heavy atom. The number of morpholine rings is 1. The summed E-state index contributed by atoms with van der Waals surface area (Å²) in [5.41, 5.74) is 0.951. The van der Waals surface area contributed by atoms with Gasteiger partial charge < -0.3 is 14.8 Å². The molecule has 0 radical (unpaired) electrons. The minimum Gasteiger partial charge on any atom is -0.479 e. The van der Waals surface area contributed by atoms with Crippen molar-refractivity contribution >= 4 is 44.8 Å². The van der Waals surface area contributed by atoms with Gasteiger partial charge in [0.25, 0.3) is 5.91 Å². The number of ether oxygens (including phenoxy) is 2. The van der Waals surface area contributed by atoms with Crippen LogP contribution in [0.4, 0.5) is 5.69 Å². The van der Waals surface area contributed by atoms with E-state index in [1.807, 2.05) is 0 Å². The molecule has 3 rings (SSSR count). The van der Waals surface area contributed by atoms with Crippen LogP contribution in [0.15, 0.2) is 41.3 Å². The summed E-state index contributed by atoms with van der Waals surface area (Å²) in [6.45, 7) is 4.59. The lowest BCUT2D eigenvalue weighted by atomic mass is 10.2. The third kappa shape index (κ3) is 5.25. The molecule has 1 aliphatic rings. The highest BCUT2D eigenvalue weighted by atomic mass is 35.5. The summed E-state index contributed by atoms with van der Waals surface area (Å²) in [6, 6.07) is 9.47. The molecule has 10 heteroatoms. The van der Waals surface area contributed by atoms with Crippen molar-refractivity contribution in [3.63, 3.8) is 0 Å². The largest absolute Gasteiger partial charge is 0.479 e. The fourth-order valence-corrected chi connectivity index (χ4v) is 5.05. The molecule has 1 heterocycles. The molecule has 30 heavy (non-hydrogen) atoms. The van der Waals surface area contributed by atoms with E-state index < -0.39 is 22.0 Å². The van der Waals surface area contributed by atoms with E-state index in [2.05, 4.69) is 5.32 Å². The van der Waals surface area contributed by atoms with Crippen LogP contribution >= 0.6 is 23.2 Å². The van der Waals surface area contributed by atoms with Gasteiger partial charge in [0.15, 0.2) is 6.10 Å². The van der Waals surface area contributed by atoms with E-state index >= 15 is 0 Å². The van der Waals surface area contributed by atoms with Crippen molar-refractivity contribution in [1.82, 2.24) is 4.31 Å². The molecule has 1 unspecified atom stereocenters. The number of hydrogen-bond donors (Lipinski definition) is 1. The number of amides is 1. The molecule has 0 aliphatic carbocycles. The Morgan fingerprint density at radius 1 is 1.17 bits per heavy atom. The van der Waals surface area contributed by atoms with Gasteiger partial charge in [-0.15, -0.1) is 0 Å². The number of carbonyl (C=O) groups excluding carboxylic acids is 1. The molecule has 0 aromatic heterocycles. The van der Waals surface area contributed by atoms with E-state index in [0.29, 0.717) is 48.3 Å². The van der Waals surface area contributed by atoms with E-state index in [9.17, 15) is 13.2 Å². The number of carbonyl (C=O) groups is 1. The Balaban J connectivity index is 1.75. The summed E-state index contributed by atoms with van der Waals surface area (Å²) in [5, 5.41) is 3.44. The first-order valence-electron chi connectivity index (χ1n) is 9.29. The van der Waals surface area contributed by atoms with Crippen LogP contribution in [0.2, 0.25) is 10.0 Å². The van der Waals surface area contributed by atoms with E-state index in [1.165, 1.54) is 16.4 Å². The van der Waals surface area contributed by atoms with Crippen molar-refractivity contribution in [1.29, 1.82) is 0 Å². The second kappa shape index (κ2) is 9.53. The Kier molecular flexibility index (Phi) is 7.26. The quantitative estimate of drug-likeness (QED) is 0.691. The first-order valence-corrected chi connectivity index (χ1v) is 11.5. The van der Waals surface area contributed by atoms with Crippen molar-refractivity contribution in [3.8, 4) is 5.75 Å². The standard InChI is InChI=1S/C20H22Cl2N2O5S/c1-13-3-5-16(12-19(13)30(26,27)24-7-9-28-10-8-24)23-20(25)14(2)29-18-6-4-15(21)11-17(18)22/h3-6,11-12,14H,7-10H2,1-2H3,(H,23,25). The lowest BCUT2D eigenvalue weighted by molar-refractivity contribution is -0.122. The zero-order valence-corrected chi connectivity index (χ0v) is 18.9. The third-order valence-electron chi connectivity index (χ3n) is 4.61. The molecule has 1 fully saturated rings. The van der Waals surface area contributed by atoms with Crippen molar-refractivity contribution < 1.29 is 22.7 Å². The smallest absolute Gasteiger partial charge is 0.265 e. The highest BCUT2D eigenvalue weighted by Gasteiger charge is 2.28. The fourth-order valence-electron chi connectivity index (χ4n) is 2.94. The first kappa shape index (κ1) is 22.8. The monoisotopic (exact) mass is 472 g/mol. The molecule has 1 saturated heterocycles. The molecule has 1 atom stereocenters. The Hall–Kier alpha value is -1.84. The Labute approximate surface area is 185 Å². The van der Waals surface area contributed by atoms with Crippen molar-refractivity contribution in [3.05, 3.63) is 52.0 Å². The van der Waals surface area contributed by atoms with Crippen LogP contribution in [0, 0.1) is 6.92 Å². The fraction of sp³-hybridized carbons (Fsp3) is 0.350. The number of benzene rings is 2. The zero-order chi connectivity index (χ0) is 21.9. The summed E-state index contributed by atoms with van der Waals surface area (Å²) >= 11 is 11.9. The minimum absolute atomic E-state index is 0.150. The molecule has 7 nitrogen and oxygen atoms in total. The molecule has 0 saturated carbocycles. The number of hydrogen-bond acceptors (Lipinski definition) is 5. The second-order valence-electron chi connectivity index (χ2n) is 6.82. The molecule has 0 spiro atoms. The average molecular weight is 473 g/mol. The number of anilines is 1.